The van der Waals surface area contributed by atoms with Gasteiger partial charge in [0, 0.05) is 17.8 Å². The molecule has 0 aliphatic rings. The van der Waals surface area contributed by atoms with Crippen LogP contribution in [0.15, 0.2) is 79.1 Å². The van der Waals surface area contributed by atoms with Crippen LogP contribution in [-0.4, -0.2) is 39.8 Å². The van der Waals surface area contributed by atoms with Gasteiger partial charge in [0.1, 0.15) is 24.8 Å². The van der Waals surface area contributed by atoms with Crippen LogP contribution >= 0.6 is 0 Å². The van der Waals surface area contributed by atoms with E-state index in [1.54, 1.807) is 30.6 Å². The number of nitrogens with one attached hydrogen (secondary N) is 1. The molecule has 6 nitrogen and oxygen atoms in total. The Balaban J connectivity index is 1.30. The zero-order valence-electron chi connectivity index (χ0n) is 17.3. The molecule has 170 valence electrons. The third kappa shape index (κ3) is 5.32. The zero-order chi connectivity index (χ0) is 23.4. The van der Waals surface area contributed by atoms with Crippen LogP contribution in [0.1, 0.15) is 15.9 Å². The molecule has 4 aromatic rings. The smallest absolute Gasteiger partial charge is 0.416 e. The molecule has 0 bridgehead atoms. The average Bonchev–Trinajstić information content (AvgIpc) is 3.25. The molecule has 0 radical (unpaired) electrons. The Bertz CT molecular complexity index is 1250. The molecule has 0 saturated carbocycles. The third-order valence-electron chi connectivity index (χ3n) is 4.96. The maximum atomic E-state index is 12.8. The summed E-state index contributed by atoms with van der Waals surface area (Å²) in [4.78, 5) is 16.7. The van der Waals surface area contributed by atoms with Crippen molar-refractivity contribution in [1.82, 2.24) is 14.9 Å². The number of hydrogen-bond donors (Lipinski definition) is 2. The lowest BCUT2D eigenvalue weighted by Crippen LogP contribution is -2.35. The molecule has 33 heavy (non-hydrogen) atoms. The summed E-state index contributed by atoms with van der Waals surface area (Å²) >= 11 is 0. The molecule has 1 aromatic heterocycles. The number of rotatable bonds is 7. The molecule has 0 saturated heterocycles. The number of nitrogens with zero attached hydrogens (tertiary/aromatic N) is 2. The number of imidazole rings is 1. The minimum absolute atomic E-state index is 0.0159. The van der Waals surface area contributed by atoms with Crippen LogP contribution < -0.4 is 10.1 Å². The van der Waals surface area contributed by atoms with Gasteiger partial charge in [-0.05, 0) is 54.6 Å². The number of carbonyl (C=O) groups excluding carboxylic acids is 1. The summed E-state index contributed by atoms with van der Waals surface area (Å²) in [5.74, 6) is -0.409. The van der Waals surface area contributed by atoms with Crippen LogP contribution in [-0.2, 0) is 6.18 Å². The van der Waals surface area contributed by atoms with Crippen molar-refractivity contribution < 1.29 is 27.8 Å². The van der Waals surface area contributed by atoms with E-state index in [9.17, 15) is 23.1 Å². The molecule has 4 rings (SSSR count). The fourth-order valence-corrected chi connectivity index (χ4v) is 3.26. The van der Waals surface area contributed by atoms with Gasteiger partial charge in [-0.2, -0.15) is 13.2 Å². The maximum Gasteiger partial charge on any atom is 0.416 e. The number of fused-ring (bicyclic) bond motifs is 1. The van der Waals surface area contributed by atoms with Crippen molar-refractivity contribution in [3.05, 3.63) is 90.3 Å². The van der Waals surface area contributed by atoms with E-state index in [1.807, 2.05) is 28.8 Å². The lowest BCUT2D eigenvalue weighted by molar-refractivity contribution is -0.137. The number of aliphatic hydroxyl groups excluding tert-OH is 1. The molecule has 1 amide bonds. The van der Waals surface area contributed by atoms with Crippen LogP contribution in [0.3, 0.4) is 0 Å². The van der Waals surface area contributed by atoms with Crippen LogP contribution in [0.4, 0.5) is 13.2 Å². The van der Waals surface area contributed by atoms with Crippen LogP contribution in [0.2, 0.25) is 0 Å². The standard InChI is InChI=1S/C24H20F3N3O3/c25-24(26,27)17-4-3-5-20(12-17)33-14-19(31)13-28-23(32)16-8-10-18(11-9-16)30-15-29-21-6-1-2-7-22(21)30/h1-12,15,19,31H,13-14H2,(H,28,32). The molecular weight excluding hydrogens is 435 g/mol. The molecule has 0 aliphatic heterocycles. The lowest BCUT2D eigenvalue weighted by atomic mass is 10.2. The highest BCUT2D eigenvalue weighted by Crippen LogP contribution is 2.31. The molecule has 9 heteroatoms. The van der Waals surface area contributed by atoms with E-state index in [4.69, 9.17) is 4.74 Å². The Labute approximate surface area is 187 Å². The zero-order valence-corrected chi connectivity index (χ0v) is 17.3. The Morgan fingerprint density at radius 2 is 1.82 bits per heavy atom. The first-order valence-corrected chi connectivity index (χ1v) is 10.1. The summed E-state index contributed by atoms with van der Waals surface area (Å²) in [6.45, 7) is -0.389. The number of ether oxygens (including phenoxy) is 1. The molecule has 0 aliphatic carbocycles. The number of alkyl halides is 3. The van der Waals surface area contributed by atoms with E-state index >= 15 is 0 Å². The predicted octanol–water partition coefficient (Wildman–Crippen LogP) is 4.21. The Morgan fingerprint density at radius 1 is 1.06 bits per heavy atom. The van der Waals surface area contributed by atoms with E-state index in [0.29, 0.717) is 5.56 Å². The lowest BCUT2D eigenvalue weighted by Gasteiger charge is -2.14. The Morgan fingerprint density at radius 3 is 2.58 bits per heavy atom. The Hall–Kier alpha value is -3.85. The van der Waals surface area contributed by atoms with Gasteiger partial charge in [0.15, 0.2) is 0 Å². The molecule has 1 atom stereocenters. The number of para-hydroxylation sites is 2. The SMILES string of the molecule is O=C(NCC(O)COc1cccc(C(F)(F)F)c1)c1ccc(-n2cnc3ccccc32)cc1. The second-order valence-electron chi connectivity index (χ2n) is 7.35. The topological polar surface area (TPSA) is 76.4 Å². The maximum absolute atomic E-state index is 12.8. The van der Waals surface area contributed by atoms with Gasteiger partial charge in [-0.1, -0.05) is 18.2 Å². The summed E-state index contributed by atoms with van der Waals surface area (Å²) in [5, 5.41) is 12.6. The van der Waals surface area contributed by atoms with Gasteiger partial charge in [0.2, 0.25) is 0 Å². The number of halogens is 3. The molecule has 1 heterocycles. The van der Waals surface area contributed by atoms with Gasteiger partial charge in [-0.3, -0.25) is 9.36 Å². The molecule has 0 fully saturated rings. The fourth-order valence-electron chi connectivity index (χ4n) is 3.26. The van der Waals surface area contributed by atoms with Crippen molar-refractivity contribution in [2.24, 2.45) is 0 Å². The van der Waals surface area contributed by atoms with Crippen molar-refractivity contribution in [2.45, 2.75) is 12.3 Å². The number of benzene rings is 3. The van der Waals surface area contributed by atoms with Gasteiger partial charge < -0.3 is 15.2 Å². The summed E-state index contributed by atoms with van der Waals surface area (Å²) in [6, 6.07) is 19.0. The normalized spacial score (nSPS) is 12.5. The molecule has 0 spiro atoms. The van der Waals surface area contributed by atoms with Crippen molar-refractivity contribution in [2.75, 3.05) is 13.2 Å². The largest absolute Gasteiger partial charge is 0.491 e. The highest BCUT2D eigenvalue weighted by molar-refractivity contribution is 5.94. The van der Waals surface area contributed by atoms with Crippen LogP contribution in [0.25, 0.3) is 16.7 Å². The highest BCUT2D eigenvalue weighted by Gasteiger charge is 2.30. The second kappa shape index (κ2) is 9.33. The molecule has 2 N–H and O–H groups in total. The van der Waals surface area contributed by atoms with Gasteiger partial charge in [-0.15, -0.1) is 0 Å². The van der Waals surface area contributed by atoms with Gasteiger partial charge in [0.05, 0.1) is 16.6 Å². The molecule has 3 aromatic carbocycles. The number of carbonyl (C=O) groups is 1. The van der Waals surface area contributed by atoms with E-state index in [0.717, 1.165) is 28.9 Å². The average molecular weight is 455 g/mol. The quantitative estimate of drug-likeness (QED) is 0.438. The van der Waals surface area contributed by atoms with Crippen LogP contribution in [0.5, 0.6) is 5.75 Å². The summed E-state index contributed by atoms with van der Waals surface area (Å²) in [6.07, 6.45) is -3.87. The van der Waals surface area contributed by atoms with Gasteiger partial charge in [-0.25, -0.2) is 4.98 Å². The third-order valence-corrected chi connectivity index (χ3v) is 4.96. The molecular formula is C24H20F3N3O3. The number of amides is 1. The Kier molecular flexibility index (Phi) is 6.32. The highest BCUT2D eigenvalue weighted by atomic mass is 19.4. The van der Waals surface area contributed by atoms with Gasteiger partial charge >= 0.3 is 6.18 Å². The minimum atomic E-state index is -4.48. The summed E-state index contributed by atoms with van der Waals surface area (Å²) in [7, 11) is 0. The van der Waals surface area contributed by atoms with E-state index in [1.165, 1.54) is 12.1 Å². The first kappa shape index (κ1) is 22.3. The number of aromatic nitrogens is 2. The fraction of sp³-hybridized carbons (Fsp3) is 0.167. The van der Waals surface area contributed by atoms with Crippen molar-refractivity contribution in [3.8, 4) is 11.4 Å². The predicted molar refractivity (Wildman–Crippen MR) is 116 cm³/mol. The van der Waals surface area contributed by atoms with Crippen molar-refractivity contribution in [1.29, 1.82) is 0 Å². The van der Waals surface area contributed by atoms with Crippen molar-refractivity contribution >= 4 is 16.9 Å². The first-order chi connectivity index (χ1) is 15.8. The minimum Gasteiger partial charge on any atom is -0.491 e. The summed E-state index contributed by atoms with van der Waals surface area (Å²) < 4.78 is 45.4. The summed E-state index contributed by atoms with van der Waals surface area (Å²) in [5.41, 5.74) is 2.21. The second-order valence-corrected chi connectivity index (χ2v) is 7.35. The van der Waals surface area contributed by atoms with Gasteiger partial charge in [0.25, 0.3) is 5.91 Å². The van der Waals surface area contributed by atoms with Crippen LogP contribution in [0, 0.1) is 0 Å². The van der Waals surface area contributed by atoms with E-state index in [-0.39, 0.29) is 18.9 Å². The number of aliphatic hydroxyl groups is 1. The van der Waals surface area contributed by atoms with E-state index < -0.39 is 23.8 Å². The van der Waals surface area contributed by atoms with Crippen molar-refractivity contribution in [3.63, 3.8) is 0 Å². The molecule has 1 unspecified atom stereocenters. The first-order valence-electron chi connectivity index (χ1n) is 10.1. The number of hydrogen-bond acceptors (Lipinski definition) is 4. The monoisotopic (exact) mass is 455 g/mol. The van der Waals surface area contributed by atoms with E-state index in [2.05, 4.69) is 10.3 Å².